The van der Waals surface area contributed by atoms with Gasteiger partial charge in [-0.3, -0.25) is 4.57 Å². The monoisotopic (exact) mass is 129 g/mol. The molecule has 1 atom stereocenters. The van der Waals surface area contributed by atoms with Gasteiger partial charge in [0.15, 0.2) is 0 Å². The van der Waals surface area contributed by atoms with Crippen LogP contribution >= 0.6 is 7.80 Å². The first kappa shape index (κ1) is 5.97. The third-order valence-electron chi connectivity index (χ3n) is 1.50. The minimum atomic E-state index is -0.914. The molecule has 1 aliphatic carbocycles. The molecule has 0 heterocycles. The van der Waals surface area contributed by atoms with Gasteiger partial charge in [0, 0.05) is 12.3 Å². The molecule has 0 N–H and O–H groups in total. The first-order valence-corrected chi connectivity index (χ1v) is 4.63. The minimum absolute atomic E-state index is 0.463. The highest BCUT2D eigenvalue weighted by Crippen LogP contribution is 2.32. The van der Waals surface area contributed by atoms with Gasteiger partial charge in [0.25, 0.3) is 0 Å². The maximum Gasteiger partial charge on any atom is 0.0724 e. The Bertz CT molecular complexity index is 120. The Kier molecular flexibility index (Phi) is 1.80. The summed E-state index contributed by atoms with van der Waals surface area (Å²) in [7, 11) is -0.914. The number of hydrogen-bond acceptors (Lipinski definition) is 1. The van der Waals surface area contributed by atoms with Crippen LogP contribution in [0.4, 0.5) is 0 Å². The highest BCUT2D eigenvalue weighted by atomic mass is 31.1. The van der Waals surface area contributed by atoms with Crippen LogP contribution in [-0.2, 0) is 4.57 Å². The molecule has 0 spiro atoms. The molecule has 0 saturated carbocycles. The molecule has 0 aromatic heterocycles. The maximum atomic E-state index is 10.8. The highest BCUT2D eigenvalue weighted by Gasteiger charge is 2.12. The maximum absolute atomic E-state index is 10.8. The summed E-state index contributed by atoms with van der Waals surface area (Å²) >= 11 is 0. The summed E-state index contributed by atoms with van der Waals surface area (Å²) in [5.41, 5.74) is 0.463. The van der Waals surface area contributed by atoms with Gasteiger partial charge in [-0.25, -0.2) is 0 Å². The predicted octanol–water partition coefficient (Wildman–Crippen LogP) is 2.16. The molecule has 1 radical (unpaired) electrons. The van der Waals surface area contributed by atoms with E-state index in [0.29, 0.717) is 5.66 Å². The second-order valence-electron chi connectivity index (χ2n) is 2.14. The van der Waals surface area contributed by atoms with Crippen LogP contribution in [0.25, 0.3) is 0 Å². The van der Waals surface area contributed by atoms with Gasteiger partial charge in [0.05, 0.1) is 7.80 Å². The van der Waals surface area contributed by atoms with Crippen molar-refractivity contribution in [3.63, 3.8) is 0 Å². The average Bonchev–Trinajstić information content (AvgIpc) is 2.12. The van der Waals surface area contributed by atoms with E-state index in [4.69, 9.17) is 0 Å². The van der Waals surface area contributed by atoms with Crippen molar-refractivity contribution in [3.05, 3.63) is 12.2 Å². The minimum Gasteiger partial charge on any atom is -0.287 e. The number of allylic oxidation sites excluding steroid dienone is 2. The van der Waals surface area contributed by atoms with E-state index >= 15 is 0 Å². The van der Waals surface area contributed by atoms with Crippen LogP contribution in [0, 0.1) is 0 Å². The fraction of sp³-hybridized carbons (Fsp3) is 0.667. The van der Waals surface area contributed by atoms with E-state index in [1.165, 1.54) is 0 Å². The molecular weight excluding hydrogens is 119 g/mol. The van der Waals surface area contributed by atoms with Crippen molar-refractivity contribution >= 4 is 7.80 Å². The third kappa shape index (κ3) is 1.16. The van der Waals surface area contributed by atoms with Crippen molar-refractivity contribution in [1.82, 2.24) is 0 Å². The summed E-state index contributed by atoms with van der Waals surface area (Å²) in [6, 6.07) is 0. The van der Waals surface area contributed by atoms with Crippen LogP contribution in [-0.4, -0.2) is 12.3 Å². The molecule has 1 nitrogen and oxygen atoms in total. The molecule has 2 heteroatoms. The standard InChI is InChI=1S/C6H10OP/c1-8(7)6-4-2-3-5-6/h2-3,6H,4-5H2,1H3. The first-order chi connectivity index (χ1) is 3.80. The molecule has 0 bridgehead atoms. The molecule has 0 aliphatic heterocycles. The largest absolute Gasteiger partial charge is 0.287 e. The Morgan fingerprint density at radius 3 is 2.25 bits per heavy atom. The van der Waals surface area contributed by atoms with Gasteiger partial charge in [-0.1, -0.05) is 12.2 Å². The zero-order valence-electron chi connectivity index (χ0n) is 5.00. The van der Waals surface area contributed by atoms with Gasteiger partial charge < -0.3 is 0 Å². The average molecular weight is 129 g/mol. The topological polar surface area (TPSA) is 17.1 Å². The fourth-order valence-electron chi connectivity index (χ4n) is 0.900. The van der Waals surface area contributed by atoms with E-state index in [9.17, 15) is 4.57 Å². The van der Waals surface area contributed by atoms with Crippen LogP contribution in [0.3, 0.4) is 0 Å². The summed E-state index contributed by atoms with van der Waals surface area (Å²) in [5.74, 6) is 0. The summed E-state index contributed by atoms with van der Waals surface area (Å²) in [6.45, 7) is 1.81. The normalized spacial score (nSPS) is 21.9. The Hall–Kier alpha value is -0.160. The van der Waals surface area contributed by atoms with E-state index < -0.39 is 7.80 Å². The summed E-state index contributed by atoms with van der Waals surface area (Å²) < 4.78 is 10.8. The Balaban J connectivity index is 2.41. The van der Waals surface area contributed by atoms with Gasteiger partial charge in [0.2, 0.25) is 0 Å². The molecule has 0 fully saturated rings. The third-order valence-corrected chi connectivity index (χ3v) is 2.95. The van der Waals surface area contributed by atoms with Crippen LogP contribution in [0.15, 0.2) is 12.2 Å². The lowest BCUT2D eigenvalue weighted by Crippen LogP contribution is -1.91. The van der Waals surface area contributed by atoms with E-state index in [2.05, 4.69) is 12.2 Å². The molecule has 8 heavy (non-hydrogen) atoms. The Morgan fingerprint density at radius 1 is 1.50 bits per heavy atom. The summed E-state index contributed by atoms with van der Waals surface area (Å²) in [6.07, 6.45) is 6.29. The van der Waals surface area contributed by atoms with Crippen molar-refractivity contribution in [2.45, 2.75) is 18.5 Å². The SMILES string of the molecule is C[P](=O)C1CC=CC1. The van der Waals surface area contributed by atoms with Crippen LogP contribution in [0.1, 0.15) is 12.8 Å². The van der Waals surface area contributed by atoms with E-state index in [1.54, 1.807) is 0 Å². The van der Waals surface area contributed by atoms with E-state index in [0.717, 1.165) is 12.8 Å². The van der Waals surface area contributed by atoms with Gasteiger partial charge >= 0.3 is 0 Å². The van der Waals surface area contributed by atoms with Gasteiger partial charge in [-0.2, -0.15) is 0 Å². The first-order valence-electron chi connectivity index (χ1n) is 2.85. The Labute approximate surface area is 50.6 Å². The van der Waals surface area contributed by atoms with Crippen LogP contribution in [0.2, 0.25) is 0 Å². The zero-order valence-corrected chi connectivity index (χ0v) is 5.90. The smallest absolute Gasteiger partial charge is 0.0724 e. The van der Waals surface area contributed by atoms with Crippen molar-refractivity contribution in [3.8, 4) is 0 Å². The van der Waals surface area contributed by atoms with Gasteiger partial charge in [-0.05, 0) is 12.8 Å². The molecule has 0 amide bonds. The Morgan fingerprint density at radius 2 is 2.00 bits per heavy atom. The van der Waals surface area contributed by atoms with Gasteiger partial charge in [-0.15, -0.1) is 0 Å². The lowest BCUT2D eigenvalue weighted by molar-refractivity contribution is 0.583. The zero-order chi connectivity index (χ0) is 5.98. The lowest BCUT2D eigenvalue weighted by atomic mass is 10.3. The van der Waals surface area contributed by atoms with Crippen molar-refractivity contribution in [1.29, 1.82) is 0 Å². The fourth-order valence-corrected chi connectivity index (χ4v) is 1.74. The molecule has 0 aromatic carbocycles. The summed E-state index contributed by atoms with van der Waals surface area (Å²) in [4.78, 5) is 0. The van der Waals surface area contributed by atoms with E-state index in [-0.39, 0.29) is 0 Å². The quantitative estimate of drug-likeness (QED) is 0.391. The highest BCUT2D eigenvalue weighted by molar-refractivity contribution is 7.44. The number of hydrogen-bond donors (Lipinski definition) is 0. The summed E-state index contributed by atoms with van der Waals surface area (Å²) in [5, 5.41) is 0. The second kappa shape index (κ2) is 2.41. The van der Waals surface area contributed by atoms with Crippen molar-refractivity contribution < 1.29 is 4.57 Å². The predicted molar refractivity (Wildman–Crippen MR) is 35.7 cm³/mol. The molecule has 1 aliphatic rings. The molecule has 1 rings (SSSR count). The lowest BCUT2D eigenvalue weighted by Gasteiger charge is -2.00. The van der Waals surface area contributed by atoms with Crippen molar-refractivity contribution in [2.24, 2.45) is 0 Å². The molecular formula is C6H10OP. The van der Waals surface area contributed by atoms with Crippen LogP contribution < -0.4 is 0 Å². The second-order valence-corrected chi connectivity index (χ2v) is 3.97. The molecule has 0 saturated heterocycles. The van der Waals surface area contributed by atoms with Gasteiger partial charge in [0.1, 0.15) is 0 Å². The van der Waals surface area contributed by atoms with Crippen molar-refractivity contribution in [2.75, 3.05) is 6.66 Å². The molecule has 1 unspecified atom stereocenters. The van der Waals surface area contributed by atoms with Crippen LogP contribution in [0.5, 0.6) is 0 Å². The number of rotatable bonds is 1. The molecule has 0 aromatic rings. The molecule has 45 valence electrons. The van der Waals surface area contributed by atoms with E-state index in [1.807, 2.05) is 6.66 Å².